The topological polar surface area (TPSA) is 72.6 Å². The largest absolute Gasteiger partial charge is 0.455 e. The van der Waals surface area contributed by atoms with Gasteiger partial charge in [-0.1, -0.05) is 57.2 Å². The first kappa shape index (κ1) is 26.4. The van der Waals surface area contributed by atoms with Crippen molar-refractivity contribution >= 4 is 17.1 Å². The molecule has 3 N–H and O–H groups in total. The van der Waals surface area contributed by atoms with Crippen LogP contribution in [-0.4, -0.2) is 11.3 Å². The Kier molecular flexibility index (Phi) is 6.86. The number of fused-ring (bicyclic) bond motifs is 1. The quantitative estimate of drug-likeness (QED) is 0.266. The third-order valence-corrected chi connectivity index (χ3v) is 6.42. The Balaban J connectivity index is 1.46. The van der Waals surface area contributed by atoms with Crippen molar-refractivity contribution in [3.05, 3.63) is 102 Å². The van der Waals surface area contributed by atoms with Crippen LogP contribution in [0.1, 0.15) is 37.5 Å². The number of aromatic nitrogens is 1. The number of benzene rings is 3. The van der Waals surface area contributed by atoms with Crippen LogP contribution >= 0.6 is 0 Å². The molecule has 202 valence electrons. The minimum absolute atomic E-state index is 0.152. The lowest BCUT2D eigenvalue weighted by molar-refractivity contribution is -0.137. The van der Waals surface area contributed by atoms with E-state index in [1.54, 1.807) is 17.2 Å². The number of para-hydroxylation sites is 2. The lowest BCUT2D eigenvalue weighted by atomic mass is 9.86. The van der Waals surface area contributed by atoms with Crippen LogP contribution in [0, 0.1) is 0 Å². The van der Waals surface area contributed by atoms with E-state index in [-0.39, 0.29) is 5.41 Å². The molecule has 3 aromatic carbocycles. The number of nitrogens with one attached hydrogen (secondary N) is 1. The number of anilines is 3. The molecule has 1 aliphatic rings. The fourth-order valence-corrected chi connectivity index (χ4v) is 4.51. The summed E-state index contributed by atoms with van der Waals surface area (Å²) in [5.41, 5.74) is 9.32. The van der Waals surface area contributed by atoms with Crippen molar-refractivity contribution in [1.29, 1.82) is 0 Å². The number of hydrogen-bond acceptors (Lipinski definition) is 6. The van der Waals surface area contributed by atoms with Gasteiger partial charge in [0.2, 0.25) is 12.2 Å². The van der Waals surface area contributed by atoms with E-state index in [2.05, 4.69) is 31.1 Å². The van der Waals surface area contributed by atoms with Crippen LogP contribution in [0.3, 0.4) is 0 Å². The molecule has 1 unspecified atom stereocenters. The van der Waals surface area contributed by atoms with Gasteiger partial charge in [-0.05, 0) is 53.4 Å². The Bertz CT molecular complexity index is 1470. The van der Waals surface area contributed by atoms with Crippen molar-refractivity contribution in [3.8, 4) is 17.4 Å². The van der Waals surface area contributed by atoms with Gasteiger partial charge in [-0.25, -0.2) is 4.98 Å². The second-order valence-electron chi connectivity index (χ2n) is 10.3. The third kappa shape index (κ3) is 5.49. The maximum Gasteiger partial charge on any atom is 0.416 e. The molecular weight excluding hydrogens is 505 g/mol. The molecule has 2 heterocycles. The van der Waals surface area contributed by atoms with Crippen molar-refractivity contribution in [2.24, 2.45) is 5.73 Å². The normalized spacial score (nSPS) is 15.1. The van der Waals surface area contributed by atoms with Crippen LogP contribution in [0.15, 0.2) is 85.1 Å². The predicted octanol–water partition coefficient (Wildman–Crippen LogP) is 7.58. The molecule has 0 spiro atoms. The van der Waals surface area contributed by atoms with E-state index in [1.165, 1.54) is 12.1 Å². The summed E-state index contributed by atoms with van der Waals surface area (Å²) < 4.78 is 51.2. The minimum Gasteiger partial charge on any atom is -0.455 e. The Morgan fingerprint density at radius 1 is 0.949 bits per heavy atom. The van der Waals surface area contributed by atoms with Gasteiger partial charge in [-0.2, -0.15) is 13.2 Å². The van der Waals surface area contributed by atoms with Gasteiger partial charge >= 0.3 is 6.18 Å². The van der Waals surface area contributed by atoms with Crippen LogP contribution in [0.2, 0.25) is 0 Å². The Labute approximate surface area is 225 Å². The number of nitrogens with zero attached hydrogens (tertiary/aromatic N) is 2. The van der Waals surface area contributed by atoms with Gasteiger partial charge in [0, 0.05) is 18.3 Å². The lowest BCUT2D eigenvalue weighted by Gasteiger charge is -2.26. The van der Waals surface area contributed by atoms with Crippen LogP contribution < -0.4 is 25.4 Å². The molecule has 0 amide bonds. The average Bonchev–Trinajstić information content (AvgIpc) is 3.23. The Morgan fingerprint density at radius 2 is 1.69 bits per heavy atom. The summed E-state index contributed by atoms with van der Waals surface area (Å²) in [5.74, 6) is 1.61. The summed E-state index contributed by atoms with van der Waals surface area (Å²) in [4.78, 5) is 6.31. The van der Waals surface area contributed by atoms with E-state index in [9.17, 15) is 13.2 Å². The van der Waals surface area contributed by atoms with Crippen molar-refractivity contribution < 1.29 is 22.6 Å². The molecule has 0 aliphatic carbocycles. The average molecular weight is 535 g/mol. The second-order valence-corrected chi connectivity index (χ2v) is 10.3. The van der Waals surface area contributed by atoms with Crippen molar-refractivity contribution in [2.45, 2.75) is 45.3 Å². The number of hydrogen-bond donors (Lipinski definition) is 2. The number of halogens is 3. The van der Waals surface area contributed by atoms with Gasteiger partial charge in [-0.3, -0.25) is 10.6 Å². The van der Waals surface area contributed by atoms with Crippen LogP contribution in [-0.2, 0) is 18.1 Å². The number of rotatable bonds is 6. The molecule has 0 saturated carbocycles. The van der Waals surface area contributed by atoms with Crippen LogP contribution in [0.5, 0.6) is 17.4 Å². The van der Waals surface area contributed by atoms with Gasteiger partial charge in [0.1, 0.15) is 22.9 Å². The van der Waals surface area contributed by atoms with E-state index in [1.807, 2.05) is 48.5 Å². The number of alkyl halides is 3. The summed E-state index contributed by atoms with van der Waals surface area (Å²) in [6.45, 7) is 6.64. The van der Waals surface area contributed by atoms with Crippen molar-refractivity contribution in [1.82, 2.24) is 4.98 Å². The standard InChI is InChI=1S/C30H29F3N4O2/c1-29(2,3)21-8-4-5-11-24(21)38-27-23(10-7-17-35-27)37-26-22(9-6-12-25(26)39-28(37)34)36-18-19-13-15-20(16-14-19)30(31,32)33/h4-17,28,36H,18,34H2,1-3H3. The molecule has 5 rings (SSSR count). The molecule has 1 aromatic heterocycles. The molecule has 1 aliphatic heterocycles. The monoisotopic (exact) mass is 534 g/mol. The highest BCUT2D eigenvalue weighted by atomic mass is 19.4. The van der Waals surface area contributed by atoms with Crippen molar-refractivity contribution in [2.75, 3.05) is 10.2 Å². The summed E-state index contributed by atoms with van der Waals surface area (Å²) in [7, 11) is 0. The minimum atomic E-state index is -4.38. The van der Waals surface area contributed by atoms with E-state index in [0.717, 1.165) is 17.7 Å². The van der Waals surface area contributed by atoms with Gasteiger partial charge in [0.25, 0.3) is 0 Å². The molecule has 0 fully saturated rings. The maximum absolute atomic E-state index is 12.9. The van der Waals surface area contributed by atoms with Crippen molar-refractivity contribution in [3.63, 3.8) is 0 Å². The smallest absolute Gasteiger partial charge is 0.416 e. The summed E-state index contributed by atoms with van der Waals surface area (Å²) in [5, 5.41) is 3.32. The molecule has 4 aromatic rings. The van der Waals surface area contributed by atoms with Crippen LogP contribution in [0.4, 0.5) is 30.2 Å². The number of nitrogens with two attached hydrogens (primary N) is 1. The van der Waals surface area contributed by atoms with Gasteiger partial charge in [0.15, 0.2) is 0 Å². The van der Waals surface area contributed by atoms with Gasteiger partial charge < -0.3 is 14.8 Å². The molecule has 6 nitrogen and oxygen atoms in total. The zero-order chi connectivity index (χ0) is 27.8. The summed E-state index contributed by atoms with van der Waals surface area (Å²) >= 11 is 0. The zero-order valence-electron chi connectivity index (χ0n) is 21.8. The molecule has 1 atom stereocenters. The first-order chi connectivity index (χ1) is 18.5. The molecule has 0 saturated heterocycles. The van der Waals surface area contributed by atoms with Gasteiger partial charge in [-0.15, -0.1) is 0 Å². The van der Waals surface area contributed by atoms with E-state index in [4.69, 9.17) is 15.2 Å². The fourth-order valence-electron chi connectivity index (χ4n) is 4.51. The highest BCUT2D eigenvalue weighted by molar-refractivity contribution is 5.85. The van der Waals surface area contributed by atoms with E-state index < -0.39 is 18.1 Å². The van der Waals surface area contributed by atoms with E-state index >= 15 is 0 Å². The SMILES string of the molecule is CC(C)(C)c1ccccc1Oc1ncccc1N1c2c(NCc3ccc(C(F)(F)F)cc3)cccc2OC1N. The number of ether oxygens (including phenoxy) is 2. The molecule has 0 bridgehead atoms. The highest BCUT2D eigenvalue weighted by Gasteiger charge is 2.35. The molecule has 9 heteroatoms. The molecule has 39 heavy (non-hydrogen) atoms. The predicted molar refractivity (Wildman–Crippen MR) is 145 cm³/mol. The Morgan fingerprint density at radius 3 is 2.41 bits per heavy atom. The second kappa shape index (κ2) is 10.1. The molecular formula is C30H29F3N4O2. The Hall–Kier alpha value is -4.24. The number of pyridine rings is 1. The van der Waals surface area contributed by atoms with Gasteiger partial charge in [0.05, 0.1) is 11.3 Å². The highest BCUT2D eigenvalue weighted by Crippen LogP contribution is 2.48. The summed E-state index contributed by atoms with van der Waals surface area (Å²) in [6, 6.07) is 22.0. The lowest BCUT2D eigenvalue weighted by Crippen LogP contribution is -2.39. The third-order valence-electron chi connectivity index (χ3n) is 6.42. The first-order valence-corrected chi connectivity index (χ1v) is 12.5. The summed E-state index contributed by atoms with van der Waals surface area (Å²) in [6.07, 6.45) is -3.58. The fraction of sp³-hybridized carbons (Fsp3) is 0.233. The van der Waals surface area contributed by atoms with Crippen LogP contribution in [0.25, 0.3) is 0 Å². The molecule has 0 radical (unpaired) electrons. The maximum atomic E-state index is 12.9. The first-order valence-electron chi connectivity index (χ1n) is 12.5. The van der Waals surface area contributed by atoms with E-state index in [0.29, 0.717) is 46.5 Å². The zero-order valence-corrected chi connectivity index (χ0v) is 21.8.